The highest BCUT2D eigenvalue weighted by Crippen LogP contribution is 2.70. The van der Waals surface area contributed by atoms with Gasteiger partial charge in [0, 0.05) is 10.8 Å². The molecule has 4 heteroatoms. The number of allylic oxidation sites excluding steroid dienone is 4. The fraction of sp³-hybridized carbons (Fsp3) is 0.864. The Hall–Kier alpha value is -1.26. The number of hydrogen-bond donors (Lipinski definition) is 2. The van der Waals surface area contributed by atoms with Gasteiger partial charge in [-0.05, 0) is 175 Å². The van der Waals surface area contributed by atoms with Crippen molar-refractivity contribution in [3.63, 3.8) is 0 Å². The second-order valence-corrected chi connectivity index (χ2v) is 19.8. The molecule has 8 aliphatic rings. The highest BCUT2D eigenvalue weighted by molar-refractivity contribution is 5.86. The SMILES string of the molecule is CC(=O)[C@@]1(O)CC[C@H]2[C@@H]3C[C@H](C)C4=CCCC[C@]4(C)[C@H]3CC[C@@]21C.CC(=O)[C@@]1(O)CC[C@H]2[C@@H]3C[C@H](C)C4=CCCC[C@]4(C)[C@H]3CC[C@@]21C. The van der Waals surface area contributed by atoms with Crippen LogP contribution in [-0.4, -0.2) is 33.0 Å². The van der Waals surface area contributed by atoms with Gasteiger partial charge in [-0.3, -0.25) is 9.59 Å². The van der Waals surface area contributed by atoms with E-state index in [1.165, 1.54) is 64.2 Å². The summed E-state index contributed by atoms with van der Waals surface area (Å²) in [6.45, 7) is 17.6. The first kappa shape index (κ1) is 35.2. The van der Waals surface area contributed by atoms with Crippen molar-refractivity contribution in [2.24, 2.45) is 69.0 Å². The van der Waals surface area contributed by atoms with Gasteiger partial charge in [-0.25, -0.2) is 0 Å². The first-order valence-corrected chi connectivity index (χ1v) is 20.4. The minimum Gasteiger partial charge on any atom is -0.382 e. The van der Waals surface area contributed by atoms with E-state index in [2.05, 4.69) is 53.7 Å². The Morgan fingerprint density at radius 2 is 0.938 bits per heavy atom. The Balaban J connectivity index is 0.000000152. The number of carbonyl (C=O) groups excluding carboxylic acids is 2. The van der Waals surface area contributed by atoms with Crippen molar-refractivity contribution in [3.8, 4) is 0 Å². The molecule has 0 aromatic carbocycles. The van der Waals surface area contributed by atoms with Crippen LogP contribution in [0.2, 0.25) is 0 Å². The predicted molar refractivity (Wildman–Crippen MR) is 193 cm³/mol. The molecule has 6 fully saturated rings. The highest BCUT2D eigenvalue weighted by Gasteiger charge is 2.67. The molecule has 0 spiro atoms. The zero-order valence-electron chi connectivity index (χ0n) is 31.8. The molecule has 0 saturated heterocycles. The molecule has 0 amide bonds. The van der Waals surface area contributed by atoms with E-state index in [-0.39, 0.29) is 22.4 Å². The van der Waals surface area contributed by atoms with Crippen LogP contribution in [0.25, 0.3) is 0 Å². The second kappa shape index (κ2) is 11.6. The van der Waals surface area contributed by atoms with Crippen molar-refractivity contribution in [1.82, 2.24) is 0 Å². The maximum atomic E-state index is 12.3. The summed E-state index contributed by atoms with van der Waals surface area (Å²) in [4.78, 5) is 24.6. The van der Waals surface area contributed by atoms with Crippen LogP contribution in [0.15, 0.2) is 23.3 Å². The molecule has 8 aliphatic carbocycles. The molecule has 0 heterocycles. The molecule has 14 atom stereocenters. The van der Waals surface area contributed by atoms with Gasteiger partial charge in [0.25, 0.3) is 0 Å². The molecule has 48 heavy (non-hydrogen) atoms. The Morgan fingerprint density at radius 1 is 0.583 bits per heavy atom. The Kier molecular flexibility index (Phi) is 8.52. The van der Waals surface area contributed by atoms with E-state index >= 15 is 0 Å². The molecule has 0 radical (unpaired) electrons. The lowest BCUT2D eigenvalue weighted by Gasteiger charge is -2.60. The number of rotatable bonds is 2. The van der Waals surface area contributed by atoms with E-state index in [4.69, 9.17) is 0 Å². The fourth-order valence-corrected chi connectivity index (χ4v) is 15.6. The maximum Gasteiger partial charge on any atom is 0.161 e. The van der Waals surface area contributed by atoms with Gasteiger partial charge in [-0.1, -0.05) is 64.8 Å². The van der Waals surface area contributed by atoms with Crippen molar-refractivity contribution < 1.29 is 19.8 Å². The quantitative estimate of drug-likeness (QED) is 0.289. The molecule has 0 unspecified atom stereocenters. The number of carbonyl (C=O) groups is 2. The van der Waals surface area contributed by atoms with Crippen molar-refractivity contribution in [3.05, 3.63) is 23.3 Å². The van der Waals surface area contributed by atoms with Crippen LogP contribution in [0, 0.1) is 69.0 Å². The van der Waals surface area contributed by atoms with Crippen LogP contribution in [0.1, 0.15) is 158 Å². The van der Waals surface area contributed by atoms with Crippen molar-refractivity contribution in [2.75, 3.05) is 0 Å². The summed E-state index contributed by atoms with van der Waals surface area (Å²) in [5.74, 6) is 5.27. The molecule has 4 nitrogen and oxygen atoms in total. The van der Waals surface area contributed by atoms with E-state index in [1.54, 1.807) is 25.0 Å². The normalized spacial score (nSPS) is 53.6. The molecule has 268 valence electrons. The summed E-state index contributed by atoms with van der Waals surface area (Å²) in [6.07, 6.45) is 23.3. The highest BCUT2D eigenvalue weighted by atomic mass is 16.3. The van der Waals surface area contributed by atoms with Crippen molar-refractivity contribution >= 4 is 11.6 Å². The molecule has 8 rings (SSSR count). The van der Waals surface area contributed by atoms with Gasteiger partial charge in [0.1, 0.15) is 11.2 Å². The first-order chi connectivity index (χ1) is 22.5. The minimum absolute atomic E-state index is 0.000675. The summed E-state index contributed by atoms with van der Waals surface area (Å²) >= 11 is 0. The summed E-state index contributed by atoms with van der Waals surface area (Å²) < 4.78 is 0. The van der Waals surface area contributed by atoms with Crippen LogP contribution in [-0.2, 0) is 9.59 Å². The number of ketones is 2. The third-order valence-corrected chi connectivity index (χ3v) is 18.1. The Morgan fingerprint density at radius 3 is 1.29 bits per heavy atom. The molecule has 6 saturated carbocycles. The average molecular weight is 661 g/mol. The van der Waals surface area contributed by atoms with E-state index in [0.29, 0.717) is 59.2 Å². The molecular weight excluding hydrogens is 592 g/mol. The number of hydrogen-bond acceptors (Lipinski definition) is 4. The lowest BCUT2D eigenvalue weighted by Crippen LogP contribution is -2.57. The monoisotopic (exact) mass is 661 g/mol. The van der Waals surface area contributed by atoms with Crippen LogP contribution in [0.4, 0.5) is 0 Å². The summed E-state index contributed by atoms with van der Waals surface area (Å²) in [6, 6.07) is 0. The molecule has 0 bridgehead atoms. The van der Waals surface area contributed by atoms with Gasteiger partial charge in [-0.15, -0.1) is 0 Å². The van der Waals surface area contributed by atoms with Crippen LogP contribution in [0.5, 0.6) is 0 Å². The predicted octanol–water partition coefficient (Wildman–Crippen LogP) is 9.81. The number of Topliss-reactive ketones (excluding diaryl/α,β-unsaturated/α-hetero) is 2. The van der Waals surface area contributed by atoms with E-state index < -0.39 is 11.2 Å². The standard InChI is InChI=1S/2C22H34O2/c2*1-14-13-16-18(20(3)10-6-5-7-17(14)20)8-11-21(4)19(16)9-12-22(21,24)15(2)23/h2*7,14,16,18-19,24H,5-6,8-13H2,1-4H3/t2*14-,16+,18-,19-,20-,21-,22-/m00/s1. The second-order valence-electron chi connectivity index (χ2n) is 19.8. The van der Waals surface area contributed by atoms with Gasteiger partial charge in [0.15, 0.2) is 11.6 Å². The lowest BCUT2D eigenvalue weighted by molar-refractivity contribution is -0.161. The lowest BCUT2D eigenvalue weighted by atomic mass is 9.45. The zero-order chi connectivity index (χ0) is 34.7. The van der Waals surface area contributed by atoms with E-state index in [1.807, 2.05) is 0 Å². The largest absolute Gasteiger partial charge is 0.382 e. The number of fused-ring (bicyclic) bond motifs is 10. The van der Waals surface area contributed by atoms with Crippen LogP contribution >= 0.6 is 0 Å². The van der Waals surface area contributed by atoms with Crippen LogP contribution in [0.3, 0.4) is 0 Å². The van der Waals surface area contributed by atoms with Gasteiger partial charge < -0.3 is 10.2 Å². The maximum absolute atomic E-state index is 12.3. The molecule has 0 aromatic heterocycles. The van der Waals surface area contributed by atoms with Crippen LogP contribution < -0.4 is 0 Å². The third-order valence-electron chi connectivity index (χ3n) is 18.1. The van der Waals surface area contributed by atoms with Gasteiger partial charge in [0.2, 0.25) is 0 Å². The zero-order valence-corrected chi connectivity index (χ0v) is 31.8. The van der Waals surface area contributed by atoms with Gasteiger partial charge in [0.05, 0.1) is 0 Å². The van der Waals surface area contributed by atoms with Crippen molar-refractivity contribution in [1.29, 1.82) is 0 Å². The van der Waals surface area contributed by atoms with Gasteiger partial charge >= 0.3 is 0 Å². The molecule has 0 aromatic rings. The molecular formula is C44H68O4. The van der Waals surface area contributed by atoms with E-state index in [0.717, 1.165) is 37.5 Å². The summed E-state index contributed by atoms with van der Waals surface area (Å²) in [7, 11) is 0. The van der Waals surface area contributed by atoms with Crippen molar-refractivity contribution in [2.45, 2.75) is 169 Å². The third kappa shape index (κ3) is 4.58. The Labute approximate surface area is 292 Å². The summed E-state index contributed by atoms with van der Waals surface area (Å²) in [5, 5.41) is 22.4. The first-order valence-electron chi connectivity index (χ1n) is 20.4. The molecule has 2 N–H and O–H groups in total. The summed E-state index contributed by atoms with van der Waals surface area (Å²) in [5.41, 5.74) is 1.66. The topological polar surface area (TPSA) is 74.6 Å². The smallest absolute Gasteiger partial charge is 0.161 e. The average Bonchev–Trinajstić information content (AvgIpc) is 3.48. The minimum atomic E-state index is -1.07. The number of aliphatic hydroxyl groups is 2. The Bertz CT molecular complexity index is 1290. The van der Waals surface area contributed by atoms with Gasteiger partial charge in [-0.2, -0.15) is 0 Å². The van der Waals surface area contributed by atoms with E-state index in [9.17, 15) is 19.8 Å². The fourth-order valence-electron chi connectivity index (χ4n) is 15.6. The molecule has 0 aliphatic heterocycles.